The standard InChI is InChI=1S/C19H25N5O3/c1-27-15-7-5-12(6-8-15)10-21-19-22-11-16(17(20)26)18(24-19)23-13-3-2-4-14(25)9-13/h5-8,11,13-14,25H,2-4,9-10H2,1H3,(H2,20,26)(H2,21,22,23,24). The molecule has 0 saturated heterocycles. The zero-order chi connectivity index (χ0) is 19.2. The van der Waals surface area contributed by atoms with Crippen LogP contribution in [-0.2, 0) is 6.54 Å². The van der Waals surface area contributed by atoms with Gasteiger partial charge in [0.1, 0.15) is 11.6 Å². The van der Waals surface area contributed by atoms with Crippen molar-refractivity contribution in [2.45, 2.75) is 44.4 Å². The zero-order valence-electron chi connectivity index (χ0n) is 15.3. The van der Waals surface area contributed by atoms with Crippen LogP contribution < -0.4 is 21.1 Å². The van der Waals surface area contributed by atoms with E-state index in [4.69, 9.17) is 10.5 Å². The van der Waals surface area contributed by atoms with E-state index in [-0.39, 0.29) is 17.7 Å². The van der Waals surface area contributed by atoms with Crippen LogP contribution in [0, 0.1) is 0 Å². The highest BCUT2D eigenvalue weighted by Gasteiger charge is 2.22. The van der Waals surface area contributed by atoms with Gasteiger partial charge in [-0.3, -0.25) is 4.79 Å². The lowest BCUT2D eigenvalue weighted by atomic mass is 9.93. The van der Waals surface area contributed by atoms with Gasteiger partial charge in [0.25, 0.3) is 5.91 Å². The van der Waals surface area contributed by atoms with Crippen LogP contribution in [-0.4, -0.2) is 40.2 Å². The van der Waals surface area contributed by atoms with Crippen molar-refractivity contribution in [2.24, 2.45) is 5.73 Å². The van der Waals surface area contributed by atoms with E-state index in [0.717, 1.165) is 30.6 Å². The highest BCUT2D eigenvalue weighted by atomic mass is 16.5. The number of methoxy groups -OCH3 is 1. The number of hydrogen-bond donors (Lipinski definition) is 4. The Morgan fingerprint density at radius 1 is 1.33 bits per heavy atom. The van der Waals surface area contributed by atoms with E-state index in [2.05, 4.69) is 20.6 Å². The van der Waals surface area contributed by atoms with Crippen molar-refractivity contribution in [3.05, 3.63) is 41.6 Å². The third-order valence-electron chi connectivity index (χ3n) is 4.65. The number of aliphatic hydroxyl groups is 1. The highest BCUT2D eigenvalue weighted by molar-refractivity contribution is 5.97. The van der Waals surface area contributed by atoms with E-state index in [1.807, 2.05) is 24.3 Å². The second kappa shape index (κ2) is 8.68. The predicted octanol–water partition coefficient (Wildman–Crippen LogP) is 1.91. The normalized spacial score (nSPS) is 19.3. The summed E-state index contributed by atoms with van der Waals surface area (Å²) in [5, 5.41) is 16.2. The maximum atomic E-state index is 11.7. The number of benzene rings is 1. The van der Waals surface area contributed by atoms with Gasteiger partial charge in [-0.2, -0.15) is 4.98 Å². The Hall–Kier alpha value is -2.87. The van der Waals surface area contributed by atoms with Crippen molar-refractivity contribution in [3.63, 3.8) is 0 Å². The third kappa shape index (κ3) is 5.07. The summed E-state index contributed by atoms with van der Waals surface area (Å²) in [5.74, 6) is 1.00. The molecule has 8 heteroatoms. The monoisotopic (exact) mass is 371 g/mol. The van der Waals surface area contributed by atoms with Crippen molar-refractivity contribution in [2.75, 3.05) is 17.7 Å². The van der Waals surface area contributed by atoms with Gasteiger partial charge in [-0.15, -0.1) is 0 Å². The fourth-order valence-corrected chi connectivity index (χ4v) is 3.17. The molecule has 2 unspecified atom stereocenters. The molecule has 1 aromatic carbocycles. The van der Waals surface area contributed by atoms with Crippen LogP contribution in [0.3, 0.4) is 0 Å². The minimum absolute atomic E-state index is 0.0520. The largest absolute Gasteiger partial charge is 0.497 e. The molecule has 1 amide bonds. The van der Waals surface area contributed by atoms with E-state index in [0.29, 0.717) is 24.7 Å². The number of aromatic nitrogens is 2. The summed E-state index contributed by atoms with van der Waals surface area (Å²) >= 11 is 0. The number of carbonyl (C=O) groups excluding carboxylic acids is 1. The number of carbonyl (C=O) groups is 1. The Morgan fingerprint density at radius 3 is 2.78 bits per heavy atom. The minimum Gasteiger partial charge on any atom is -0.497 e. The first-order valence-corrected chi connectivity index (χ1v) is 9.03. The molecular formula is C19H25N5O3. The van der Waals surface area contributed by atoms with E-state index in [1.165, 1.54) is 6.20 Å². The van der Waals surface area contributed by atoms with Gasteiger partial charge in [0.2, 0.25) is 5.95 Å². The van der Waals surface area contributed by atoms with Gasteiger partial charge in [-0.05, 0) is 43.4 Å². The summed E-state index contributed by atoms with van der Waals surface area (Å²) in [6.45, 7) is 0.529. The molecule has 1 heterocycles. The molecule has 1 aliphatic rings. The Balaban J connectivity index is 1.70. The number of nitrogens with zero attached hydrogens (tertiary/aromatic N) is 2. The number of hydrogen-bond acceptors (Lipinski definition) is 7. The molecule has 27 heavy (non-hydrogen) atoms. The number of ether oxygens (including phenoxy) is 1. The fourth-order valence-electron chi connectivity index (χ4n) is 3.17. The Morgan fingerprint density at radius 2 is 2.11 bits per heavy atom. The molecule has 0 aliphatic heterocycles. The summed E-state index contributed by atoms with van der Waals surface area (Å²) in [6, 6.07) is 7.72. The first-order chi connectivity index (χ1) is 13.0. The second-order valence-electron chi connectivity index (χ2n) is 6.68. The number of primary amides is 1. The van der Waals surface area contributed by atoms with Gasteiger partial charge in [-0.1, -0.05) is 12.1 Å². The van der Waals surface area contributed by atoms with Crippen molar-refractivity contribution in [3.8, 4) is 5.75 Å². The molecule has 5 N–H and O–H groups in total. The van der Waals surface area contributed by atoms with Crippen LogP contribution in [0.15, 0.2) is 30.5 Å². The Labute approximate surface area is 158 Å². The van der Waals surface area contributed by atoms with E-state index in [9.17, 15) is 9.90 Å². The van der Waals surface area contributed by atoms with Gasteiger partial charge >= 0.3 is 0 Å². The lowest BCUT2D eigenvalue weighted by molar-refractivity contribution is 0.100. The van der Waals surface area contributed by atoms with Crippen molar-refractivity contribution in [1.82, 2.24) is 9.97 Å². The molecule has 2 aromatic rings. The zero-order valence-corrected chi connectivity index (χ0v) is 15.3. The lowest BCUT2D eigenvalue weighted by Gasteiger charge is -2.27. The van der Waals surface area contributed by atoms with Crippen LogP contribution in [0.5, 0.6) is 5.75 Å². The topological polar surface area (TPSA) is 122 Å². The molecule has 1 fully saturated rings. The fraction of sp³-hybridized carbons (Fsp3) is 0.421. The average Bonchev–Trinajstić information content (AvgIpc) is 2.67. The summed E-state index contributed by atoms with van der Waals surface area (Å²) in [7, 11) is 1.63. The average molecular weight is 371 g/mol. The number of aliphatic hydroxyl groups excluding tert-OH is 1. The quantitative estimate of drug-likeness (QED) is 0.586. The van der Waals surface area contributed by atoms with Gasteiger partial charge < -0.3 is 26.2 Å². The van der Waals surface area contributed by atoms with Crippen LogP contribution in [0.2, 0.25) is 0 Å². The van der Waals surface area contributed by atoms with Crippen molar-refractivity contribution < 1.29 is 14.6 Å². The molecule has 3 rings (SSSR count). The number of anilines is 2. The van der Waals surface area contributed by atoms with Gasteiger partial charge in [0.05, 0.1) is 18.8 Å². The number of nitrogens with one attached hydrogen (secondary N) is 2. The lowest BCUT2D eigenvalue weighted by Crippen LogP contribution is -2.31. The number of amides is 1. The van der Waals surface area contributed by atoms with E-state index in [1.54, 1.807) is 7.11 Å². The molecule has 0 spiro atoms. The van der Waals surface area contributed by atoms with E-state index < -0.39 is 5.91 Å². The Kier molecular flexibility index (Phi) is 6.08. The van der Waals surface area contributed by atoms with Crippen LogP contribution in [0.1, 0.15) is 41.6 Å². The molecular weight excluding hydrogens is 346 g/mol. The first kappa shape index (κ1) is 18.9. The first-order valence-electron chi connectivity index (χ1n) is 9.03. The summed E-state index contributed by atoms with van der Waals surface area (Å²) < 4.78 is 5.15. The summed E-state index contributed by atoms with van der Waals surface area (Å²) in [4.78, 5) is 20.3. The summed E-state index contributed by atoms with van der Waals surface area (Å²) in [5.41, 5.74) is 6.73. The molecule has 1 aliphatic carbocycles. The van der Waals surface area contributed by atoms with E-state index >= 15 is 0 Å². The highest BCUT2D eigenvalue weighted by Crippen LogP contribution is 2.23. The SMILES string of the molecule is COc1ccc(CNc2ncc(C(N)=O)c(NC3CCCC(O)C3)n2)cc1. The minimum atomic E-state index is -0.587. The molecule has 2 atom stereocenters. The number of nitrogens with two attached hydrogens (primary N) is 1. The molecule has 0 bridgehead atoms. The van der Waals surface area contributed by atoms with Gasteiger partial charge in [0, 0.05) is 18.8 Å². The summed E-state index contributed by atoms with van der Waals surface area (Å²) in [6.07, 6.45) is 4.36. The van der Waals surface area contributed by atoms with Crippen LogP contribution >= 0.6 is 0 Å². The molecule has 1 aromatic heterocycles. The van der Waals surface area contributed by atoms with Crippen LogP contribution in [0.25, 0.3) is 0 Å². The maximum Gasteiger partial charge on any atom is 0.254 e. The molecule has 1 saturated carbocycles. The van der Waals surface area contributed by atoms with Crippen molar-refractivity contribution in [1.29, 1.82) is 0 Å². The second-order valence-corrected chi connectivity index (χ2v) is 6.68. The Bertz CT molecular complexity index is 781. The molecule has 144 valence electrons. The van der Waals surface area contributed by atoms with Crippen LogP contribution in [0.4, 0.5) is 11.8 Å². The van der Waals surface area contributed by atoms with Crippen molar-refractivity contribution >= 4 is 17.7 Å². The maximum absolute atomic E-state index is 11.7. The third-order valence-corrected chi connectivity index (χ3v) is 4.65. The molecule has 0 radical (unpaired) electrons. The number of rotatable bonds is 7. The van der Waals surface area contributed by atoms with Gasteiger partial charge in [-0.25, -0.2) is 4.98 Å². The smallest absolute Gasteiger partial charge is 0.254 e. The predicted molar refractivity (Wildman–Crippen MR) is 103 cm³/mol. The van der Waals surface area contributed by atoms with Gasteiger partial charge in [0.15, 0.2) is 0 Å². The molecule has 8 nitrogen and oxygen atoms in total.